The lowest BCUT2D eigenvalue weighted by Crippen LogP contribution is -2.49. The predicted octanol–water partition coefficient (Wildman–Crippen LogP) is 0.472. The van der Waals surface area contributed by atoms with Crippen LogP contribution in [0, 0.1) is 6.92 Å². The lowest BCUT2D eigenvalue weighted by molar-refractivity contribution is 0.0780. The molecule has 0 aliphatic carbocycles. The number of unbranched alkanes of at least 4 members (excludes halogenated alkanes) is 1. The van der Waals surface area contributed by atoms with E-state index in [1.165, 1.54) is 0 Å². The van der Waals surface area contributed by atoms with Crippen molar-refractivity contribution in [2.45, 2.75) is 26.7 Å². The van der Waals surface area contributed by atoms with Crippen LogP contribution in [0.1, 0.15) is 25.3 Å². The molecule has 1 aromatic carbocycles. The SMILES string of the molecule is CCOC(=O)N1CCN(CCCCN2CN=C3N=c4c(O)cc(C)cc4=CN32)CC1. The molecule has 3 aliphatic heterocycles. The van der Waals surface area contributed by atoms with Crippen molar-refractivity contribution in [2.75, 3.05) is 52.5 Å². The lowest BCUT2D eigenvalue weighted by Gasteiger charge is -2.34. The van der Waals surface area contributed by atoms with Gasteiger partial charge in [0.2, 0.25) is 5.96 Å². The number of nitrogens with zero attached hydrogens (tertiary/aromatic N) is 6. The largest absolute Gasteiger partial charge is 0.506 e. The van der Waals surface area contributed by atoms with E-state index in [4.69, 9.17) is 4.74 Å². The van der Waals surface area contributed by atoms with Crippen molar-refractivity contribution >= 4 is 18.3 Å². The normalized spacial score (nSPS) is 18.9. The molecule has 9 nitrogen and oxygen atoms in total. The number of carbonyl (C=O) groups excluding carboxylic acids is 1. The number of hydrazine groups is 1. The summed E-state index contributed by atoms with van der Waals surface area (Å²) in [6.07, 6.45) is 3.95. The maximum absolute atomic E-state index is 11.8. The number of phenolic OH excluding ortho intramolecular Hbond substituents is 1. The van der Waals surface area contributed by atoms with Gasteiger partial charge in [-0.25, -0.2) is 19.8 Å². The topological polar surface area (TPSA) is 84.2 Å². The first-order chi connectivity index (χ1) is 14.5. The van der Waals surface area contributed by atoms with Crippen molar-refractivity contribution in [1.82, 2.24) is 19.8 Å². The van der Waals surface area contributed by atoms with E-state index in [1.54, 1.807) is 11.0 Å². The van der Waals surface area contributed by atoms with E-state index >= 15 is 0 Å². The molecule has 0 saturated carbocycles. The van der Waals surface area contributed by atoms with Crippen LogP contribution in [-0.2, 0) is 4.74 Å². The van der Waals surface area contributed by atoms with E-state index in [2.05, 4.69) is 19.9 Å². The smallest absolute Gasteiger partial charge is 0.409 e. The highest BCUT2D eigenvalue weighted by molar-refractivity contribution is 5.86. The first-order valence-corrected chi connectivity index (χ1v) is 10.7. The second-order valence-corrected chi connectivity index (χ2v) is 7.87. The van der Waals surface area contributed by atoms with Crippen LogP contribution >= 0.6 is 0 Å². The van der Waals surface area contributed by atoms with Crippen LogP contribution in [0.5, 0.6) is 5.75 Å². The number of aliphatic imine (C=N–C) groups is 1. The molecule has 9 heteroatoms. The third-order valence-electron chi connectivity index (χ3n) is 5.66. The molecule has 4 rings (SSSR count). The highest BCUT2D eigenvalue weighted by Gasteiger charge is 2.26. The Bertz CT molecular complexity index is 939. The number of amides is 1. The maximum Gasteiger partial charge on any atom is 0.409 e. The summed E-state index contributed by atoms with van der Waals surface area (Å²) in [4.78, 5) is 25.0. The minimum Gasteiger partial charge on any atom is -0.506 e. The summed E-state index contributed by atoms with van der Waals surface area (Å²) in [5, 5.41) is 15.9. The Hall–Kier alpha value is -2.65. The summed E-state index contributed by atoms with van der Waals surface area (Å²) in [5.74, 6) is 0.835. The van der Waals surface area contributed by atoms with Gasteiger partial charge in [-0.1, -0.05) is 0 Å². The van der Waals surface area contributed by atoms with Gasteiger partial charge < -0.3 is 14.7 Å². The van der Waals surface area contributed by atoms with E-state index in [9.17, 15) is 9.90 Å². The highest BCUT2D eigenvalue weighted by atomic mass is 16.6. The number of rotatable bonds is 6. The molecule has 1 N–H and O–H groups in total. The van der Waals surface area contributed by atoms with Crippen molar-refractivity contribution in [3.05, 3.63) is 28.3 Å². The Morgan fingerprint density at radius 3 is 2.70 bits per heavy atom. The minimum absolute atomic E-state index is 0.199. The van der Waals surface area contributed by atoms with Crippen LogP contribution in [0.3, 0.4) is 0 Å². The molecule has 0 aromatic heterocycles. The molecular formula is C21H30N6O3. The molecule has 1 saturated heterocycles. The Morgan fingerprint density at radius 2 is 1.93 bits per heavy atom. The van der Waals surface area contributed by atoms with Crippen LogP contribution < -0.4 is 10.6 Å². The van der Waals surface area contributed by atoms with Gasteiger partial charge in [-0.2, -0.15) is 5.01 Å². The zero-order valence-electron chi connectivity index (χ0n) is 17.8. The van der Waals surface area contributed by atoms with Gasteiger partial charge in [0.25, 0.3) is 0 Å². The summed E-state index contributed by atoms with van der Waals surface area (Å²) in [6.45, 7) is 10.00. The Kier molecular flexibility index (Phi) is 6.19. The molecule has 1 fully saturated rings. The van der Waals surface area contributed by atoms with Gasteiger partial charge in [0.1, 0.15) is 17.8 Å². The van der Waals surface area contributed by atoms with Gasteiger partial charge in [0.05, 0.1) is 6.61 Å². The van der Waals surface area contributed by atoms with Crippen LogP contribution in [0.4, 0.5) is 4.79 Å². The number of phenols is 1. The number of aryl methyl sites for hydroxylation is 1. The molecule has 0 spiro atoms. The average Bonchev–Trinajstić information content (AvgIpc) is 3.12. The molecule has 30 heavy (non-hydrogen) atoms. The van der Waals surface area contributed by atoms with Crippen LogP contribution in [0.15, 0.2) is 22.1 Å². The number of hydrogen-bond donors (Lipinski definition) is 1. The number of ether oxygens (including phenoxy) is 1. The van der Waals surface area contributed by atoms with Crippen LogP contribution in [-0.4, -0.2) is 89.5 Å². The Balaban J connectivity index is 1.24. The molecule has 3 aliphatic rings. The third-order valence-corrected chi connectivity index (χ3v) is 5.66. The Labute approximate surface area is 176 Å². The van der Waals surface area contributed by atoms with Crippen molar-refractivity contribution in [3.8, 4) is 5.75 Å². The third kappa shape index (κ3) is 4.41. The van der Waals surface area contributed by atoms with Gasteiger partial charge >= 0.3 is 6.09 Å². The van der Waals surface area contributed by atoms with Crippen molar-refractivity contribution < 1.29 is 14.6 Å². The van der Waals surface area contributed by atoms with E-state index in [0.29, 0.717) is 24.6 Å². The summed E-state index contributed by atoms with van der Waals surface area (Å²) < 4.78 is 5.07. The summed E-state index contributed by atoms with van der Waals surface area (Å²) >= 11 is 0. The summed E-state index contributed by atoms with van der Waals surface area (Å²) in [5.41, 5.74) is 1.01. The minimum atomic E-state index is -0.199. The second kappa shape index (κ2) is 9.01. The highest BCUT2D eigenvalue weighted by Crippen LogP contribution is 2.15. The molecule has 3 heterocycles. The predicted molar refractivity (Wildman–Crippen MR) is 113 cm³/mol. The molecular weight excluding hydrogens is 384 g/mol. The van der Waals surface area contributed by atoms with E-state index in [1.807, 2.05) is 31.1 Å². The fourth-order valence-electron chi connectivity index (χ4n) is 4.05. The fraction of sp³-hybridized carbons (Fsp3) is 0.571. The number of benzene rings is 1. The van der Waals surface area contributed by atoms with Crippen molar-refractivity contribution in [2.24, 2.45) is 9.98 Å². The van der Waals surface area contributed by atoms with Gasteiger partial charge in [-0.15, -0.1) is 0 Å². The first kappa shape index (κ1) is 20.6. The molecule has 1 aromatic rings. The van der Waals surface area contributed by atoms with E-state index in [-0.39, 0.29) is 11.8 Å². The molecule has 0 atom stereocenters. The van der Waals surface area contributed by atoms with Crippen LogP contribution in [0.2, 0.25) is 0 Å². The van der Waals surface area contributed by atoms with Crippen molar-refractivity contribution in [1.29, 1.82) is 0 Å². The van der Waals surface area contributed by atoms with Gasteiger partial charge in [-0.3, -0.25) is 4.90 Å². The number of hydrogen-bond acceptors (Lipinski definition) is 8. The molecule has 0 bridgehead atoms. The van der Waals surface area contributed by atoms with Crippen LogP contribution in [0.25, 0.3) is 6.20 Å². The number of aromatic hydroxyl groups is 1. The second-order valence-electron chi connectivity index (χ2n) is 7.87. The number of piperazine rings is 1. The van der Waals surface area contributed by atoms with Gasteiger partial charge in [0, 0.05) is 44.1 Å². The number of guanidine groups is 1. The molecule has 0 unspecified atom stereocenters. The standard InChI is InChI=1S/C21H30N6O3/c1-3-30-21(29)25-10-8-24(9-11-25)6-4-5-7-26-15-22-20-23-19-17(14-27(20)26)12-16(2)13-18(19)28/h12-14,28H,3-11,15H2,1-2H3. The average molecular weight is 415 g/mol. The molecule has 1 amide bonds. The fourth-order valence-corrected chi connectivity index (χ4v) is 4.05. The molecule has 162 valence electrons. The lowest BCUT2D eigenvalue weighted by atomic mass is 10.2. The quantitative estimate of drug-likeness (QED) is 0.682. The maximum atomic E-state index is 11.8. The number of carbonyl (C=O) groups is 1. The summed E-state index contributed by atoms with van der Waals surface area (Å²) in [6, 6.07) is 3.76. The van der Waals surface area contributed by atoms with Gasteiger partial charge in [0.15, 0.2) is 0 Å². The van der Waals surface area contributed by atoms with E-state index in [0.717, 1.165) is 62.9 Å². The molecule has 0 radical (unpaired) electrons. The summed E-state index contributed by atoms with van der Waals surface area (Å²) in [7, 11) is 0. The monoisotopic (exact) mass is 414 g/mol. The van der Waals surface area contributed by atoms with E-state index < -0.39 is 0 Å². The zero-order chi connectivity index (χ0) is 21.1. The zero-order valence-corrected chi connectivity index (χ0v) is 17.8. The van der Waals surface area contributed by atoms with Gasteiger partial charge in [-0.05, 0) is 50.9 Å². The number of fused-ring (bicyclic) bond motifs is 2. The van der Waals surface area contributed by atoms with Crippen molar-refractivity contribution in [3.63, 3.8) is 0 Å². The Morgan fingerprint density at radius 1 is 1.17 bits per heavy atom. The first-order valence-electron chi connectivity index (χ1n) is 10.7.